The molecule has 0 bridgehead atoms. The van der Waals surface area contributed by atoms with Crippen LogP contribution >= 0.6 is 11.6 Å². The number of pyridine rings is 1. The highest BCUT2D eigenvalue weighted by Gasteiger charge is 2.18. The molecule has 0 aliphatic heterocycles. The summed E-state index contributed by atoms with van der Waals surface area (Å²) in [6.45, 7) is 9.74. The van der Waals surface area contributed by atoms with Crippen molar-refractivity contribution < 1.29 is 9.84 Å². The number of nitrogens with zero attached hydrogens (tertiary/aromatic N) is 1. The molecule has 2 aromatic rings. The average Bonchev–Trinajstić information content (AvgIpc) is 2.70. The predicted molar refractivity (Wildman–Crippen MR) is 112 cm³/mol. The molecule has 1 aromatic heterocycles. The van der Waals surface area contributed by atoms with Gasteiger partial charge in [0.15, 0.2) is 0 Å². The van der Waals surface area contributed by atoms with Crippen LogP contribution in [0.2, 0.25) is 5.02 Å². The summed E-state index contributed by atoms with van der Waals surface area (Å²) < 4.78 is 5.33. The van der Waals surface area contributed by atoms with Gasteiger partial charge in [-0.05, 0) is 49.4 Å². The lowest BCUT2D eigenvalue weighted by atomic mass is 9.92. The summed E-state index contributed by atoms with van der Waals surface area (Å²) in [4.78, 5) is 4.81. The summed E-state index contributed by atoms with van der Waals surface area (Å²) in [5.41, 5.74) is 4.65. The minimum atomic E-state index is 0.0616. The highest BCUT2D eigenvalue weighted by atomic mass is 35.5. The van der Waals surface area contributed by atoms with Gasteiger partial charge in [0.05, 0.1) is 25.3 Å². The van der Waals surface area contributed by atoms with Crippen LogP contribution < -0.4 is 5.32 Å². The van der Waals surface area contributed by atoms with E-state index in [4.69, 9.17) is 26.4 Å². The van der Waals surface area contributed by atoms with E-state index in [2.05, 4.69) is 5.32 Å². The molecule has 3 rings (SSSR count). The van der Waals surface area contributed by atoms with Gasteiger partial charge in [-0.25, -0.2) is 0 Å². The summed E-state index contributed by atoms with van der Waals surface area (Å²) in [6, 6.07) is 5.88. The van der Waals surface area contributed by atoms with E-state index in [1.807, 2.05) is 45.9 Å². The van der Waals surface area contributed by atoms with Crippen LogP contribution in [0.25, 0.3) is 10.9 Å². The Hall–Kier alpha value is -1.36. The fraction of sp³-hybridized carbons (Fsp3) is 0.571. The third-order valence-electron chi connectivity index (χ3n) is 4.01. The second-order valence-corrected chi connectivity index (χ2v) is 5.98. The van der Waals surface area contributed by atoms with Crippen LogP contribution in [0.1, 0.15) is 51.8 Å². The van der Waals surface area contributed by atoms with Gasteiger partial charge in [-0.15, -0.1) is 0 Å². The maximum atomic E-state index is 8.74. The molecule has 1 heterocycles. The van der Waals surface area contributed by atoms with E-state index in [-0.39, 0.29) is 6.61 Å². The molecule has 0 atom stereocenters. The van der Waals surface area contributed by atoms with Crippen LogP contribution in [0.4, 0.5) is 5.69 Å². The number of nitrogens with one attached hydrogen (secondary N) is 1. The van der Waals surface area contributed by atoms with Gasteiger partial charge in [0.1, 0.15) is 0 Å². The Bertz CT molecular complexity index is 662. The number of fused-ring (bicyclic) bond motifs is 2. The number of aliphatic hydroxyl groups is 1. The van der Waals surface area contributed by atoms with Crippen LogP contribution in [-0.4, -0.2) is 36.5 Å². The molecule has 0 saturated carbocycles. The Balaban J connectivity index is 0.000000791. The highest BCUT2D eigenvalue weighted by Crippen LogP contribution is 2.34. The van der Waals surface area contributed by atoms with Crippen molar-refractivity contribution in [1.29, 1.82) is 0 Å². The molecule has 0 amide bonds. The Kier molecular flexibility index (Phi) is 11.3. The van der Waals surface area contributed by atoms with Gasteiger partial charge in [-0.1, -0.05) is 39.3 Å². The van der Waals surface area contributed by atoms with Crippen molar-refractivity contribution in [3.8, 4) is 0 Å². The minimum Gasteiger partial charge on any atom is -0.394 e. The SMILES string of the molecule is CC.CC.OCCOCCNc1c2c(nc3cc(Cl)ccc13)CCCC2. The van der Waals surface area contributed by atoms with Gasteiger partial charge in [0.25, 0.3) is 0 Å². The summed E-state index contributed by atoms with van der Waals surface area (Å²) >= 11 is 6.11. The van der Waals surface area contributed by atoms with E-state index in [9.17, 15) is 0 Å². The summed E-state index contributed by atoms with van der Waals surface area (Å²) in [7, 11) is 0. The zero-order valence-electron chi connectivity index (χ0n) is 16.6. The van der Waals surface area contributed by atoms with Crippen molar-refractivity contribution >= 4 is 28.2 Å². The number of aromatic nitrogens is 1. The maximum Gasteiger partial charge on any atom is 0.0741 e. The Morgan fingerprint density at radius 1 is 1.12 bits per heavy atom. The molecular formula is C21H33ClN2O2. The molecule has 26 heavy (non-hydrogen) atoms. The van der Waals surface area contributed by atoms with E-state index in [1.165, 1.54) is 29.8 Å². The van der Waals surface area contributed by atoms with Crippen LogP contribution in [0, 0.1) is 0 Å². The molecule has 2 N–H and O–H groups in total. The average molecular weight is 381 g/mol. The third kappa shape index (κ3) is 6.11. The second kappa shape index (κ2) is 12.9. The molecule has 1 aliphatic rings. The molecule has 0 saturated heterocycles. The molecule has 0 unspecified atom stereocenters. The van der Waals surface area contributed by atoms with Crippen molar-refractivity contribution in [3.05, 3.63) is 34.5 Å². The number of anilines is 1. The van der Waals surface area contributed by atoms with Gasteiger partial charge in [-0.2, -0.15) is 0 Å². The molecule has 5 heteroatoms. The number of hydrogen-bond acceptors (Lipinski definition) is 4. The quantitative estimate of drug-likeness (QED) is 0.673. The van der Waals surface area contributed by atoms with Gasteiger partial charge in [-0.3, -0.25) is 4.98 Å². The van der Waals surface area contributed by atoms with Gasteiger partial charge in [0, 0.05) is 28.3 Å². The van der Waals surface area contributed by atoms with E-state index < -0.39 is 0 Å². The van der Waals surface area contributed by atoms with Crippen LogP contribution in [-0.2, 0) is 17.6 Å². The van der Waals surface area contributed by atoms with E-state index in [1.54, 1.807) is 0 Å². The fourth-order valence-electron chi connectivity index (χ4n) is 3.02. The normalized spacial score (nSPS) is 12.4. The molecular weight excluding hydrogens is 348 g/mol. The third-order valence-corrected chi connectivity index (χ3v) is 4.24. The number of benzene rings is 1. The number of ether oxygens (including phenoxy) is 1. The molecule has 0 radical (unpaired) electrons. The molecule has 4 nitrogen and oxygen atoms in total. The van der Waals surface area contributed by atoms with Crippen molar-refractivity contribution in [2.24, 2.45) is 0 Å². The van der Waals surface area contributed by atoms with E-state index in [0.717, 1.165) is 23.7 Å². The number of aryl methyl sites for hydroxylation is 1. The predicted octanol–water partition coefficient (Wildman–Crippen LogP) is 5.24. The van der Waals surface area contributed by atoms with Crippen LogP contribution in [0.5, 0.6) is 0 Å². The molecule has 0 spiro atoms. The van der Waals surface area contributed by atoms with Crippen molar-refractivity contribution in [1.82, 2.24) is 4.98 Å². The molecule has 146 valence electrons. The zero-order chi connectivity index (χ0) is 19.4. The number of rotatable bonds is 6. The summed E-state index contributed by atoms with van der Waals surface area (Å²) in [5, 5.41) is 14.1. The topological polar surface area (TPSA) is 54.4 Å². The Labute approximate surface area is 162 Å². The first-order valence-corrected chi connectivity index (χ1v) is 10.2. The maximum absolute atomic E-state index is 8.74. The molecule has 1 aromatic carbocycles. The van der Waals surface area contributed by atoms with Gasteiger partial charge in [0.2, 0.25) is 0 Å². The monoisotopic (exact) mass is 380 g/mol. The zero-order valence-corrected chi connectivity index (χ0v) is 17.3. The number of hydrogen-bond donors (Lipinski definition) is 2. The number of aliphatic hydroxyl groups excluding tert-OH is 1. The first kappa shape index (κ1) is 22.7. The van der Waals surface area contributed by atoms with Crippen LogP contribution in [0.3, 0.4) is 0 Å². The molecule has 1 aliphatic carbocycles. The van der Waals surface area contributed by atoms with Crippen LogP contribution in [0.15, 0.2) is 18.2 Å². The lowest BCUT2D eigenvalue weighted by molar-refractivity contribution is 0.0992. The first-order valence-electron chi connectivity index (χ1n) is 9.83. The summed E-state index contributed by atoms with van der Waals surface area (Å²) in [5.74, 6) is 0. The lowest BCUT2D eigenvalue weighted by Gasteiger charge is -2.21. The Morgan fingerprint density at radius 2 is 1.85 bits per heavy atom. The summed E-state index contributed by atoms with van der Waals surface area (Å²) in [6.07, 6.45) is 4.52. The smallest absolute Gasteiger partial charge is 0.0741 e. The number of halogens is 1. The standard InChI is InChI=1S/C17H21ClN2O2.2C2H6/c18-12-5-6-14-16(11-12)20-15-4-2-1-3-13(15)17(14)19-7-9-22-10-8-21;2*1-2/h5-6,11,21H,1-4,7-10H2,(H,19,20);2*1-2H3. The second-order valence-electron chi connectivity index (χ2n) is 5.54. The van der Waals surface area contributed by atoms with Gasteiger partial charge < -0.3 is 15.2 Å². The van der Waals surface area contributed by atoms with Crippen molar-refractivity contribution in [3.63, 3.8) is 0 Å². The van der Waals surface area contributed by atoms with Crippen molar-refractivity contribution in [2.45, 2.75) is 53.4 Å². The minimum absolute atomic E-state index is 0.0616. The van der Waals surface area contributed by atoms with E-state index in [0.29, 0.717) is 24.8 Å². The first-order chi connectivity index (χ1) is 12.8. The van der Waals surface area contributed by atoms with Crippen molar-refractivity contribution in [2.75, 3.05) is 31.7 Å². The Morgan fingerprint density at radius 3 is 2.58 bits per heavy atom. The largest absolute Gasteiger partial charge is 0.394 e. The lowest BCUT2D eigenvalue weighted by Crippen LogP contribution is -2.15. The van der Waals surface area contributed by atoms with Gasteiger partial charge >= 0.3 is 0 Å². The molecule has 0 fully saturated rings. The van der Waals surface area contributed by atoms with E-state index >= 15 is 0 Å². The fourth-order valence-corrected chi connectivity index (χ4v) is 3.18. The highest BCUT2D eigenvalue weighted by molar-refractivity contribution is 6.31.